The van der Waals surface area contributed by atoms with E-state index >= 15 is 0 Å². The first-order valence-corrected chi connectivity index (χ1v) is 9.82. The predicted octanol–water partition coefficient (Wildman–Crippen LogP) is 4.67. The molecule has 21 heavy (non-hydrogen) atoms. The molecule has 0 aromatic carbocycles. The van der Waals surface area contributed by atoms with Crippen LogP contribution in [-0.2, 0) is 0 Å². The Morgan fingerprint density at radius 3 is 2.76 bits per heavy atom. The SMILES string of the molecule is CCCC1CC(NC2CCCCC2)CN(c2ccsc2)C1. The van der Waals surface area contributed by atoms with E-state index in [0.717, 1.165) is 12.0 Å². The lowest BCUT2D eigenvalue weighted by atomic mass is 9.88. The van der Waals surface area contributed by atoms with E-state index in [1.807, 2.05) is 11.3 Å². The van der Waals surface area contributed by atoms with Gasteiger partial charge in [0.1, 0.15) is 0 Å². The molecular weight excluding hydrogens is 276 g/mol. The van der Waals surface area contributed by atoms with Crippen molar-refractivity contribution in [2.75, 3.05) is 18.0 Å². The van der Waals surface area contributed by atoms with Crippen molar-refractivity contribution in [1.29, 1.82) is 0 Å². The van der Waals surface area contributed by atoms with Crippen molar-refractivity contribution in [3.05, 3.63) is 16.8 Å². The van der Waals surface area contributed by atoms with Crippen LogP contribution in [0.4, 0.5) is 5.69 Å². The fourth-order valence-corrected chi connectivity index (χ4v) is 4.86. The van der Waals surface area contributed by atoms with Gasteiger partial charge in [-0.15, -0.1) is 0 Å². The maximum Gasteiger partial charge on any atom is 0.0475 e. The Balaban J connectivity index is 1.61. The molecule has 0 amide bonds. The summed E-state index contributed by atoms with van der Waals surface area (Å²) in [7, 11) is 0. The summed E-state index contributed by atoms with van der Waals surface area (Å²) < 4.78 is 0. The van der Waals surface area contributed by atoms with Crippen molar-refractivity contribution >= 4 is 17.0 Å². The number of nitrogens with one attached hydrogen (secondary N) is 1. The zero-order valence-electron chi connectivity index (χ0n) is 13.4. The highest BCUT2D eigenvalue weighted by Crippen LogP contribution is 2.28. The Kier molecular flexibility index (Phi) is 5.59. The van der Waals surface area contributed by atoms with Crippen molar-refractivity contribution in [3.63, 3.8) is 0 Å². The number of thiophene rings is 1. The van der Waals surface area contributed by atoms with E-state index in [4.69, 9.17) is 0 Å². The Bertz CT molecular complexity index is 397. The van der Waals surface area contributed by atoms with Gasteiger partial charge in [0, 0.05) is 36.2 Å². The van der Waals surface area contributed by atoms with Crippen molar-refractivity contribution < 1.29 is 0 Å². The van der Waals surface area contributed by atoms with Crippen LogP contribution in [0.25, 0.3) is 0 Å². The van der Waals surface area contributed by atoms with Gasteiger partial charge in [0.05, 0.1) is 0 Å². The predicted molar refractivity (Wildman–Crippen MR) is 93.3 cm³/mol. The molecule has 1 N–H and O–H groups in total. The van der Waals surface area contributed by atoms with Gasteiger partial charge in [0.15, 0.2) is 0 Å². The Morgan fingerprint density at radius 2 is 2.05 bits per heavy atom. The number of hydrogen-bond donors (Lipinski definition) is 1. The number of anilines is 1. The second kappa shape index (κ2) is 7.64. The van der Waals surface area contributed by atoms with Crippen LogP contribution in [0.5, 0.6) is 0 Å². The summed E-state index contributed by atoms with van der Waals surface area (Å²) >= 11 is 1.82. The van der Waals surface area contributed by atoms with Gasteiger partial charge < -0.3 is 10.2 Å². The second-order valence-electron chi connectivity index (χ2n) is 6.98. The molecular formula is C18H30N2S. The molecule has 1 saturated carbocycles. The highest BCUT2D eigenvalue weighted by molar-refractivity contribution is 7.08. The van der Waals surface area contributed by atoms with Gasteiger partial charge >= 0.3 is 0 Å². The average Bonchev–Trinajstić information content (AvgIpc) is 3.03. The van der Waals surface area contributed by atoms with Crippen LogP contribution in [0.1, 0.15) is 58.3 Å². The molecule has 1 saturated heterocycles. The van der Waals surface area contributed by atoms with E-state index in [0.29, 0.717) is 6.04 Å². The Hall–Kier alpha value is -0.540. The first kappa shape index (κ1) is 15.4. The van der Waals surface area contributed by atoms with Crippen LogP contribution in [0.15, 0.2) is 16.8 Å². The summed E-state index contributed by atoms with van der Waals surface area (Å²) in [5.41, 5.74) is 1.44. The zero-order valence-corrected chi connectivity index (χ0v) is 14.2. The summed E-state index contributed by atoms with van der Waals surface area (Å²) in [5.74, 6) is 0.866. The third-order valence-corrected chi connectivity index (χ3v) is 5.85. The maximum absolute atomic E-state index is 4.00. The van der Waals surface area contributed by atoms with E-state index in [1.54, 1.807) is 0 Å². The van der Waals surface area contributed by atoms with Crippen LogP contribution >= 0.6 is 11.3 Å². The molecule has 2 atom stereocenters. The van der Waals surface area contributed by atoms with Crippen LogP contribution in [0.2, 0.25) is 0 Å². The lowest BCUT2D eigenvalue weighted by Crippen LogP contribution is -2.52. The molecule has 1 aromatic rings. The molecule has 2 fully saturated rings. The number of rotatable bonds is 5. The number of nitrogens with zero attached hydrogens (tertiary/aromatic N) is 1. The first-order valence-electron chi connectivity index (χ1n) is 8.88. The molecule has 0 spiro atoms. The molecule has 3 rings (SSSR count). The van der Waals surface area contributed by atoms with Gasteiger partial charge in [-0.2, -0.15) is 11.3 Å². The molecule has 2 aliphatic rings. The highest BCUT2D eigenvalue weighted by atomic mass is 32.1. The zero-order chi connectivity index (χ0) is 14.5. The lowest BCUT2D eigenvalue weighted by molar-refractivity contribution is 0.269. The van der Waals surface area contributed by atoms with Crippen LogP contribution in [-0.4, -0.2) is 25.2 Å². The smallest absolute Gasteiger partial charge is 0.0475 e. The normalized spacial score (nSPS) is 28.0. The lowest BCUT2D eigenvalue weighted by Gasteiger charge is -2.41. The maximum atomic E-state index is 4.00. The van der Waals surface area contributed by atoms with Crippen molar-refractivity contribution in [3.8, 4) is 0 Å². The Labute approximate surface area is 133 Å². The Morgan fingerprint density at radius 1 is 1.19 bits per heavy atom. The second-order valence-corrected chi connectivity index (χ2v) is 7.76. The van der Waals surface area contributed by atoms with E-state index in [9.17, 15) is 0 Å². The molecule has 0 bridgehead atoms. The monoisotopic (exact) mass is 306 g/mol. The fraction of sp³-hybridized carbons (Fsp3) is 0.778. The van der Waals surface area contributed by atoms with Gasteiger partial charge in [-0.1, -0.05) is 32.6 Å². The van der Waals surface area contributed by atoms with Gasteiger partial charge in [-0.05, 0) is 43.0 Å². The van der Waals surface area contributed by atoms with Crippen molar-refractivity contribution in [2.24, 2.45) is 5.92 Å². The molecule has 2 heterocycles. The van der Waals surface area contributed by atoms with Crippen molar-refractivity contribution in [1.82, 2.24) is 5.32 Å². The van der Waals surface area contributed by atoms with Gasteiger partial charge in [-0.3, -0.25) is 0 Å². The number of piperidine rings is 1. The molecule has 118 valence electrons. The molecule has 1 aromatic heterocycles. The minimum atomic E-state index is 0.693. The minimum Gasteiger partial charge on any atom is -0.369 e. The largest absolute Gasteiger partial charge is 0.369 e. The first-order chi connectivity index (χ1) is 10.3. The van der Waals surface area contributed by atoms with Crippen LogP contribution < -0.4 is 10.2 Å². The van der Waals surface area contributed by atoms with Crippen LogP contribution in [0.3, 0.4) is 0 Å². The van der Waals surface area contributed by atoms with Crippen LogP contribution in [0, 0.1) is 5.92 Å². The average molecular weight is 307 g/mol. The summed E-state index contributed by atoms with van der Waals surface area (Å²) in [6.07, 6.45) is 11.2. The van der Waals surface area contributed by atoms with Gasteiger partial charge in [0.2, 0.25) is 0 Å². The molecule has 2 nitrogen and oxygen atoms in total. The standard InChI is InChI=1S/C18H30N2S/c1-2-6-15-11-17(19-16-7-4-3-5-8-16)13-20(12-15)18-9-10-21-14-18/h9-10,14-17,19H,2-8,11-13H2,1H3. The molecule has 2 unspecified atom stereocenters. The topological polar surface area (TPSA) is 15.3 Å². The highest BCUT2D eigenvalue weighted by Gasteiger charge is 2.28. The molecule has 1 aliphatic heterocycles. The van der Waals surface area contributed by atoms with E-state index < -0.39 is 0 Å². The fourth-order valence-electron chi connectivity index (χ4n) is 4.19. The van der Waals surface area contributed by atoms with Crippen molar-refractivity contribution in [2.45, 2.75) is 70.4 Å². The third-order valence-electron chi connectivity index (χ3n) is 5.18. The third kappa shape index (κ3) is 4.23. The van der Waals surface area contributed by atoms with E-state index in [1.165, 1.54) is 70.1 Å². The van der Waals surface area contributed by atoms with E-state index in [-0.39, 0.29) is 0 Å². The van der Waals surface area contributed by atoms with Gasteiger partial charge in [-0.25, -0.2) is 0 Å². The summed E-state index contributed by atoms with van der Waals surface area (Å²) in [5, 5.41) is 8.52. The minimum absolute atomic E-state index is 0.693. The molecule has 1 aliphatic carbocycles. The van der Waals surface area contributed by atoms with Gasteiger partial charge in [0.25, 0.3) is 0 Å². The summed E-state index contributed by atoms with van der Waals surface area (Å²) in [6, 6.07) is 3.77. The van der Waals surface area contributed by atoms with E-state index in [2.05, 4.69) is 34.0 Å². The summed E-state index contributed by atoms with van der Waals surface area (Å²) in [4.78, 5) is 2.63. The molecule has 0 radical (unpaired) electrons. The number of hydrogen-bond acceptors (Lipinski definition) is 3. The molecule has 3 heteroatoms. The summed E-state index contributed by atoms with van der Waals surface area (Å²) in [6.45, 7) is 4.79. The quantitative estimate of drug-likeness (QED) is 0.850.